The Kier molecular flexibility index (Phi) is 3.20. The highest BCUT2D eigenvalue weighted by atomic mass is 35.5. The molecule has 0 aliphatic heterocycles. The van der Waals surface area contributed by atoms with Gasteiger partial charge in [-0.15, -0.1) is 11.6 Å². The van der Waals surface area contributed by atoms with Gasteiger partial charge in [0.25, 0.3) is 0 Å². The standard InChI is InChI=1S/C13H9ClF2/c14-8-10-6-7-11(15)12(13(10)16)9-4-2-1-3-5-9/h1-7H,8H2. The van der Waals surface area contributed by atoms with E-state index < -0.39 is 11.6 Å². The van der Waals surface area contributed by atoms with Crippen molar-refractivity contribution < 1.29 is 8.78 Å². The van der Waals surface area contributed by atoms with Gasteiger partial charge in [0.1, 0.15) is 11.6 Å². The Labute approximate surface area is 97.5 Å². The normalized spacial score (nSPS) is 10.4. The number of halogens is 3. The summed E-state index contributed by atoms with van der Waals surface area (Å²) in [5.74, 6) is -1.12. The van der Waals surface area contributed by atoms with E-state index >= 15 is 0 Å². The van der Waals surface area contributed by atoms with Gasteiger partial charge in [-0.25, -0.2) is 8.78 Å². The molecule has 0 bridgehead atoms. The molecule has 2 rings (SSSR count). The molecule has 82 valence electrons. The Morgan fingerprint density at radius 3 is 2.25 bits per heavy atom. The minimum atomic E-state index is -0.582. The molecule has 0 aromatic heterocycles. The molecule has 0 aliphatic rings. The van der Waals surface area contributed by atoms with Crippen LogP contribution in [0.1, 0.15) is 5.56 Å². The molecule has 0 unspecified atom stereocenters. The summed E-state index contributed by atoms with van der Waals surface area (Å²) in [4.78, 5) is 0. The molecule has 0 N–H and O–H groups in total. The summed E-state index contributed by atoms with van der Waals surface area (Å²) < 4.78 is 27.5. The lowest BCUT2D eigenvalue weighted by Gasteiger charge is -2.07. The van der Waals surface area contributed by atoms with Crippen LogP contribution in [-0.2, 0) is 5.88 Å². The number of hydrogen-bond donors (Lipinski definition) is 0. The Hall–Kier alpha value is -1.41. The molecule has 0 atom stereocenters. The van der Waals surface area contributed by atoms with E-state index in [1.165, 1.54) is 12.1 Å². The van der Waals surface area contributed by atoms with Crippen molar-refractivity contribution in [3.05, 3.63) is 59.7 Å². The zero-order valence-corrected chi connectivity index (χ0v) is 9.14. The van der Waals surface area contributed by atoms with Crippen LogP contribution < -0.4 is 0 Å². The summed E-state index contributed by atoms with van der Waals surface area (Å²) in [6.45, 7) is 0. The molecule has 0 fully saturated rings. The van der Waals surface area contributed by atoms with Crippen LogP contribution >= 0.6 is 11.6 Å². The maximum Gasteiger partial charge on any atom is 0.138 e. The fourth-order valence-corrected chi connectivity index (χ4v) is 1.77. The highest BCUT2D eigenvalue weighted by molar-refractivity contribution is 6.17. The SMILES string of the molecule is Fc1ccc(CCl)c(F)c1-c1ccccc1. The van der Waals surface area contributed by atoms with Crippen LogP contribution in [-0.4, -0.2) is 0 Å². The van der Waals surface area contributed by atoms with Crippen LogP contribution in [0.15, 0.2) is 42.5 Å². The first kappa shape index (κ1) is 11.1. The minimum Gasteiger partial charge on any atom is -0.206 e. The van der Waals surface area contributed by atoms with Crippen LogP contribution in [0.2, 0.25) is 0 Å². The third kappa shape index (κ3) is 1.93. The van der Waals surface area contributed by atoms with Crippen LogP contribution in [0.4, 0.5) is 8.78 Å². The first-order valence-corrected chi connectivity index (χ1v) is 5.35. The van der Waals surface area contributed by atoms with E-state index in [1.807, 2.05) is 0 Å². The third-order valence-electron chi connectivity index (χ3n) is 2.38. The van der Waals surface area contributed by atoms with E-state index in [1.54, 1.807) is 30.3 Å². The first-order chi connectivity index (χ1) is 7.74. The van der Waals surface area contributed by atoms with Gasteiger partial charge in [-0.2, -0.15) is 0 Å². The van der Waals surface area contributed by atoms with E-state index in [9.17, 15) is 8.78 Å². The van der Waals surface area contributed by atoms with Crippen molar-refractivity contribution in [2.75, 3.05) is 0 Å². The van der Waals surface area contributed by atoms with E-state index in [2.05, 4.69) is 0 Å². The fraction of sp³-hybridized carbons (Fsp3) is 0.0769. The molecule has 2 aromatic carbocycles. The van der Waals surface area contributed by atoms with Gasteiger partial charge < -0.3 is 0 Å². The van der Waals surface area contributed by atoms with Gasteiger partial charge in [-0.05, 0) is 11.6 Å². The molecule has 0 amide bonds. The van der Waals surface area contributed by atoms with Gasteiger partial charge in [-0.3, -0.25) is 0 Å². The van der Waals surface area contributed by atoms with Crippen molar-refractivity contribution in [2.45, 2.75) is 5.88 Å². The van der Waals surface area contributed by atoms with Gasteiger partial charge in [0, 0.05) is 5.56 Å². The van der Waals surface area contributed by atoms with E-state index in [-0.39, 0.29) is 11.4 Å². The minimum absolute atomic E-state index is 0.0150. The fourth-order valence-electron chi connectivity index (χ4n) is 1.57. The highest BCUT2D eigenvalue weighted by Crippen LogP contribution is 2.28. The number of alkyl halides is 1. The first-order valence-electron chi connectivity index (χ1n) is 4.82. The van der Waals surface area contributed by atoms with Crippen molar-refractivity contribution in [2.24, 2.45) is 0 Å². The molecule has 0 radical (unpaired) electrons. The van der Waals surface area contributed by atoms with E-state index in [4.69, 9.17) is 11.6 Å². The summed E-state index contributed by atoms with van der Waals surface area (Å²) >= 11 is 5.58. The van der Waals surface area contributed by atoms with Gasteiger partial charge in [-0.1, -0.05) is 36.4 Å². The zero-order valence-electron chi connectivity index (χ0n) is 8.38. The zero-order chi connectivity index (χ0) is 11.5. The molecule has 0 saturated carbocycles. The second-order valence-corrected chi connectivity index (χ2v) is 3.66. The van der Waals surface area contributed by atoms with Crippen molar-refractivity contribution in [1.82, 2.24) is 0 Å². The van der Waals surface area contributed by atoms with Crippen LogP contribution in [0.25, 0.3) is 11.1 Å². The summed E-state index contributed by atoms with van der Waals surface area (Å²) in [5, 5.41) is 0. The lowest BCUT2D eigenvalue weighted by Crippen LogP contribution is -1.94. The lowest BCUT2D eigenvalue weighted by atomic mass is 10.0. The third-order valence-corrected chi connectivity index (χ3v) is 2.67. The van der Waals surface area contributed by atoms with Gasteiger partial charge in [0.05, 0.1) is 11.4 Å². The Bertz CT molecular complexity index is 495. The molecule has 2 aromatic rings. The summed E-state index contributed by atoms with van der Waals surface area (Å²) in [7, 11) is 0. The number of hydrogen-bond acceptors (Lipinski definition) is 0. The average molecular weight is 239 g/mol. The second-order valence-electron chi connectivity index (χ2n) is 3.40. The highest BCUT2D eigenvalue weighted by Gasteiger charge is 2.14. The molecular weight excluding hydrogens is 230 g/mol. The lowest BCUT2D eigenvalue weighted by molar-refractivity contribution is 0.583. The van der Waals surface area contributed by atoms with Crippen LogP contribution in [0.3, 0.4) is 0 Å². The molecule has 0 saturated heterocycles. The summed E-state index contributed by atoms with van der Waals surface area (Å²) in [6.07, 6.45) is 0. The van der Waals surface area contributed by atoms with Crippen LogP contribution in [0, 0.1) is 11.6 Å². The Balaban J connectivity index is 2.64. The predicted molar refractivity (Wildman–Crippen MR) is 61.4 cm³/mol. The van der Waals surface area contributed by atoms with Gasteiger partial charge >= 0.3 is 0 Å². The van der Waals surface area contributed by atoms with Gasteiger partial charge in [0.2, 0.25) is 0 Å². The molecular formula is C13H9ClF2. The van der Waals surface area contributed by atoms with Crippen molar-refractivity contribution >= 4 is 11.6 Å². The van der Waals surface area contributed by atoms with Crippen molar-refractivity contribution in [3.63, 3.8) is 0 Å². The van der Waals surface area contributed by atoms with Gasteiger partial charge in [0.15, 0.2) is 0 Å². The Morgan fingerprint density at radius 2 is 1.62 bits per heavy atom. The smallest absolute Gasteiger partial charge is 0.138 e. The Morgan fingerprint density at radius 1 is 0.938 bits per heavy atom. The maximum atomic E-state index is 13.9. The summed E-state index contributed by atoms with van der Waals surface area (Å²) in [6, 6.07) is 11.2. The van der Waals surface area contributed by atoms with Crippen molar-refractivity contribution in [3.8, 4) is 11.1 Å². The monoisotopic (exact) mass is 238 g/mol. The van der Waals surface area contributed by atoms with Crippen molar-refractivity contribution in [1.29, 1.82) is 0 Å². The predicted octanol–water partition coefficient (Wildman–Crippen LogP) is 4.37. The largest absolute Gasteiger partial charge is 0.206 e. The molecule has 0 spiro atoms. The molecule has 0 aliphatic carbocycles. The molecule has 3 heteroatoms. The van der Waals surface area contributed by atoms with E-state index in [0.717, 1.165) is 0 Å². The number of rotatable bonds is 2. The van der Waals surface area contributed by atoms with E-state index in [0.29, 0.717) is 11.1 Å². The molecule has 0 nitrogen and oxygen atoms in total. The summed E-state index contributed by atoms with van der Waals surface area (Å²) in [5.41, 5.74) is 0.810. The average Bonchev–Trinajstić information content (AvgIpc) is 2.31. The topological polar surface area (TPSA) is 0 Å². The number of benzene rings is 2. The second kappa shape index (κ2) is 4.62. The maximum absolute atomic E-state index is 13.9. The molecule has 0 heterocycles. The molecule has 16 heavy (non-hydrogen) atoms. The quantitative estimate of drug-likeness (QED) is 0.682. The van der Waals surface area contributed by atoms with Crippen LogP contribution in [0.5, 0.6) is 0 Å².